The Balaban J connectivity index is 2.43. The van der Waals surface area contributed by atoms with Crippen molar-refractivity contribution in [3.63, 3.8) is 0 Å². The monoisotopic (exact) mass is 327 g/mol. The highest BCUT2D eigenvalue weighted by Gasteiger charge is 2.38. The molecule has 0 aliphatic carbocycles. The van der Waals surface area contributed by atoms with E-state index in [9.17, 15) is 31.1 Å². The van der Waals surface area contributed by atoms with Crippen molar-refractivity contribution in [2.75, 3.05) is 26.3 Å². The molecule has 0 unspecified atom stereocenters. The van der Waals surface area contributed by atoms with Crippen molar-refractivity contribution >= 4 is 5.91 Å². The van der Waals surface area contributed by atoms with E-state index in [1.54, 1.807) is 0 Å². The van der Waals surface area contributed by atoms with Crippen LogP contribution in [0.5, 0.6) is 0 Å². The minimum atomic E-state index is -4.97. The number of ether oxygens (including phenoxy) is 1. The number of nitrogens with zero attached hydrogens (tertiary/aromatic N) is 1. The van der Waals surface area contributed by atoms with Gasteiger partial charge in [-0.15, -0.1) is 0 Å². The third-order valence-electron chi connectivity index (χ3n) is 3.13. The average molecular weight is 327 g/mol. The van der Waals surface area contributed by atoms with Gasteiger partial charge in [-0.1, -0.05) is 0 Å². The van der Waals surface area contributed by atoms with Crippen molar-refractivity contribution in [1.29, 1.82) is 0 Å². The molecule has 1 heterocycles. The fourth-order valence-electron chi connectivity index (χ4n) is 2.03. The molecule has 1 amide bonds. The fourth-order valence-corrected chi connectivity index (χ4v) is 2.03. The molecule has 2 rings (SSSR count). The Kier molecular flexibility index (Phi) is 4.37. The zero-order valence-corrected chi connectivity index (χ0v) is 11.1. The Morgan fingerprint density at radius 1 is 0.909 bits per heavy atom. The van der Waals surface area contributed by atoms with Gasteiger partial charge in [-0.3, -0.25) is 4.79 Å². The highest BCUT2D eigenvalue weighted by molar-refractivity contribution is 5.94. The molecule has 0 radical (unpaired) electrons. The first-order valence-electron chi connectivity index (χ1n) is 6.25. The second-order valence-corrected chi connectivity index (χ2v) is 4.70. The number of carbonyl (C=O) groups excluding carboxylic acids is 1. The lowest BCUT2D eigenvalue weighted by Crippen LogP contribution is -2.40. The van der Waals surface area contributed by atoms with Gasteiger partial charge in [0, 0.05) is 18.7 Å². The Bertz CT molecular complexity index is 528. The molecule has 0 bridgehead atoms. The molecule has 1 fully saturated rings. The van der Waals surface area contributed by atoms with Crippen LogP contribution in [0, 0.1) is 0 Å². The summed E-state index contributed by atoms with van der Waals surface area (Å²) in [7, 11) is 0. The van der Waals surface area contributed by atoms with Crippen LogP contribution >= 0.6 is 0 Å². The molecule has 1 aromatic rings. The minimum absolute atomic E-state index is 0.00387. The summed E-state index contributed by atoms with van der Waals surface area (Å²) in [5, 5.41) is 0. The zero-order chi connectivity index (χ0) is 16.5. The first-order valence-corrected chi connectivity index (χ1v) is 6.25. The molecule has 0 atom stereocenters. The molecule has 22 heavy (non-hydrogen) atoms. The van der Waals surface area contributed by atoms with Crippen LogP contribution in [0.3, 0.4) is 0 Å². The highest BCUT2D eigenvalue weighted by Crippen LogP contribution is 2.36. The quantitative estimate of drug-likeness (QED) is 0.742. The van der Waals surface area contributed by atoms with Crippen molar-refractivity contribution in [2.24, 2.45) is 0 Å². The second-order valence-electron chi connectivity index (χ2n) is 4.70. The molecule has 122 valence electrons. The van der Waals surface area contributed by atoms with Gasteiger partial charge in [0.15, 0.2) is 0 Å². The molecule has 3 nitrogen and oxygen atoms in total. The molecule has 0 aromatic heterocycles. The maximum absolute atomic E-state index is 12.7. The van der Waals surface area contributed by atoms with Crippen LogP contribution in [0.2, 0.25) is 0 Å². The van der Waals surface area contributed by atoms with E-state index in [2.05, 4.69) is 0 Å². The van der Waals surface area contributed by atoms with Crippen LogP contribution in [-0.2, 0) is 17.1 Å². The molecule has 1 aromatic carbocycles. The summed E-state index contributed by atoms with van der Waals surface area (Å²) in [5.74, 6) is -0.875. The van der Waals surface area contributed by atoms with Crippen LogP contribution in [0.15, 0.2) is 18.2 Å². The summed E-state index contributed by atoms with van der Waals surface area (Å²) >= 11 is 0. The van der Waals surface area contributed by atoms with Gasteiger partial charge in [0.25, 0.3) is 5.91 Å². The number of rotatable bonds is 1. The topological polar surface area (TPSA) is 29.5 Å². The van der Waals surface area contributed by atoms with Gasteiger partial charge in [-0.2, -0.15) is 26.3 Å². The first-order chi connectivity index (χ1) is 10.1. The largest absolute Gasteiger partial charge is 0.416 e. The number of amides is 1. The molecule has 9 heteroatoms. The fraction of sp³-hybridized carbons (Fsp3) is 0.462. The van der Waals surface area contributed by atoms with Gasteiger partial charge in [-0.05, 0) is 18.2 Å². The number of hydrogen-bond acceptors (Lipinski definition) is 2. The normalized spacial score (nSPS) is 16.7. The van der Waals surface area contributed by atoms with Crippen LogP contribution < -0.4 is 0 Å². The molecule has 1 aliphatic heterocycles. The van der Waals surface area contributed by atoms with Crippen molar-refractivity contribution in [3.05, 3.63) is 34.9 Å². The second kappa shape index (κ2) is 5.79. The van der Waals surface area contributed by atoms with Crippen molar-refractivity contribution in [3.8, 4) is 0 Å². The number of hydrogen-bond donors (Lipinski definition) is 0. The molecule has 0 N–H and O–H groups in total. The number of alkyl halides is 6. The summed E-state index contributed by atoms with van der Waals surface area (Å²) in [6.07, 6.45) is -9.94. The van der Waals surface area contributed by atoms with Crippen molar-refractivity contribution in [2.45, 2.75) is 12.4 Å². The number of halogens is 6. The van der Waals surface area contributed by atoms with E-state index in [1.807, 2.05) is 0 Å². The Morgan fingerprint density at radius 3 is 1.77 bits per heavy atom. The van der Waals surface area contributed by atoms with Crippen LogP contribution in [0.1, 0.15) is 21.5 Å². The van der Waals surface area contributed by atoms with E-state index >= 15 is 0 Å². The standard InChI is InChI=1S/C13H11F6NO2/c14-12(15,16)9-5-8(6-10(7-9)13(17,18)19)11(21)20-1-3-22-4-2-20/h5-7H,1-4H2. The Labute approximate surface area is 121 Å². The number of carbonyl (C=O) groups is 1. The molecule has 0 spiro atoms. The maximum Gasteiger partial charge on any atom is 0.416 e. The third-order valence-corrected chi connectivity index (χ3v) is 3.13. The van der Waals surface area contributed by atoms with E-state index in [4.69, 9.17) is 4.74 Å². The van der Waals surface area contributed by atoms with Crippen LogP contribution in [-0.4, -0.2) is 37.1 Å². The third kappa shape index (κ3) is 3.70. The van der Waals surface area contributed by atoms with E-state index in [-0.39, 0.29) is 32.4 Å². The molecular weight excluding hydrogens is 316 g/mol. The van der Waals surface area contributed by atoms with E-state index in [0.717, 1.165) is 0 Å². The van der Waals surface area contributed by atoms with Gasteiger partial charge in [0.2, 0.25) is 0 Å². The SMILES string of the molecule is O=C(c1cc(C(F)(F)F)cc(C(F)(F)F)c1)N1CCOCC1. The summed E-state index contributed by atoms with van der Waals surface area (Å²) in [6.45, 7) is 0.626. The number of morpholine rings is 1. The lowest BCUT2D eigenvalue weighted by molar-refractivity contribution is -0.143. The lowest BCUT2D eigenvalue weighted by atomic mass is 10.0. The smallest absolute Gasteiger partial charge is 0.378 e. The summed E-state index contributed by atoms with van der Waals surface area (Å²) in [6, 6.07) is 0.871. The zero-order valence-electron chi connectivity index (χ0n) is 11.1. The maximum atomic E-state index is 12.7. The minimum Gasteiger partial charge on any atom is -0.378 e. The first kappa shape index (κ1) is 16.6. The van der Waals surface area contributed by atoms with Gasteiger partial charge in [0.1, 0.15) is 0 Å². The molecule has 0 saturated carbocycles. The highest BCUT2D eigenvalue weighted by atomic mass is 19.4. The van der Waals surface area contributed by atoms with Crippen LogP contribution in [0.4, 0.5) is 26.3 Å². The molecular formula is C13H11F6NO2. The Morgan fingerprint density at radius 2 is 1.36 bits per heavy atom. The van der Waals surface area contributed by atoms with Gasteiger partial charge in [0.05, 0.1) is 24.3 Å². The van der Waals surface area contributed by atoms with E-state index in [0.29, 0.717) is 12.1 Å². The van der Waals surface area contributed by atoms with Gasteiger partial charge >= 0.3 is 12.4 Å². The van der Waals surface area contributed by atoms with E-state index < -0.39 is 35.0 Å². The van der Waals surface area contributed by atoms with Gasteiger partial charge < -0.3 is 9.64 Å². The van der Waals surface area contributed by atoms with Gasteiger partial charge in [-0.25, -0.2) is 0 Å². The summed E-state index contributed by atoms with van der Waals surface area (Å²) in [4.78, 5) is 13.3. The Hall–Kier alpha value is -1.77. The van der Waals surface area contributed by atoms with Crippen molar-refractivity contribution < 1.29 is 35.9 Å². The average Bonchev–Trinajstić information content (AvgIpc) is 2.45. The summed E-state index contributed by atoms with van der Waals surface area (Å²) < 4.78 is 81.4. The predicted molar refractivity (Wildman–Crippen MR) is 63.2 cm³/mol. The number of benzene rings is 1. The predicted octanol–water partition coefficient (Wildman–Crippen LogP) is 3.20. The molecule has 1 aliphatic rings. The van der Waals surface area contributed by atoms with E-state index in [1.165, 1.54) is 4.90 Å². The lowest BCUT2D eigenvalue weighted by Gasteiger charge is -2.27. The van der Waals surface area contributed by atoms with Crippen molar-refractivity contribution in [1.82, 2.24) is 4.90 Å². The molecule has 1 saturated heterocycles. The summed E-state index contributed by atoms with van der Waals surface area (Å²) in [5.41, 5.74) is -3.64. The van der Waals surface area contributed by atoms with Crippen LogP contribution in [0.25, 0.3) is 0 Å².